The molecule has 5 nitrogen and oxygen atoms in total. The van der Waals surface area contributed by atoms with Gasteiger partial charge in [-0.1, -0.05) is 19.1 Å². The van der Waals surface area contributed by atoms with Crippen molar-refractivity contribution in [1.82, 2.24) is 10.2 Å². The molecule has 1 amide bonds. The Morgan fingerprint density at radius 2 is 2.24 bits per heavy atom. The fourth-order valence-electron chi connectivity index (χ4n) is 2.94. The number of nitrogens with zero attached hydrogens (tertiary/aromatic N) is 1. The minimum Gasteiger partial charge on any atom is -0.389 e. The van der Waals surface area contributed by atoms with Crippen molar-refractivity contribution in [2.24, 2.45) is 11.8 Å². The van der Waals surface area contributed by atoms with E-state index in [4.69, 9.17) is 4.74 Å². The molecule has 2 rings (SSSR count). The molecule has 1 aliphatic heterocycles. The number of ether oxygens (including phenoxy) is 1. The quantitative estimate of drug-likeness (QED) is 0.682. The predicted octanol–water partition coefficient (Wildman–Crippen LogP) is 0.786. The van der Waals surface area contributed by atoms with Crippen LogP contribution in [-0.2, 0) is 9.53 Å². The largest absolute Gasteiger partial charge is 0.389 e. The lowest BCUT2D eigenvalue weighted by atomic mass is 9.85. The van der Waals surface area contributed by atoms with E-state index >= 15 is 0 Å². The first kappa shape index (κ1) is 16.5. The van der Waals surface area contributed by atoms with E-state index in [1.807, 2.05) is 7.05 Å². The Kier molecular flexibility index (Phi) is 6.21. The normalized spacial score (nSPS) is 30.9. The Hall–Kier alpha value is -0.910. The molecule has 0 spiro atoms. The Balaban J connectivity index is 1.58. The van der Waals surface area contributed by atoms with Gasteiger partial charge in [-0.2, -0.15) is 0 Å². The van der Waals surface area contributed by atoms with Crippen LogP contribution in [0.3, 0.4) is 0 Å². The Labute approximate surface area is 127 Å². The number of aliphatic hydroxyl groups excluding tert-OH is 1. The molecule has 0 bridgehead atoms. The predicted molar refractivity (Wildman–Crippen MR) is 81.9 cm³/mol. The second-order valence-corrected chi connectivity index (χ2v) is 6.38. The van der Waals surface area contributed by atoms with Crippen molar-refractivity contribution in [1.29, 1.82) is 0 Å². The molecule has 21 heavy (non-hydrogen) atoms. The zero-order chi connectivity index (χ0) is 15.2. The van der Waals surface area contributed by atoms with E-state index in [-0.39, 0.29) is 11.9 Å². The third kappa shape index (κ3) is 4.80. The highest BCUT2D eigenvalue weighted by Crippen LogP contribution is 2.24. The van der Waals surface area contributed by atoms with Crippen LogP contribution >= 0.6 is 0 Å². The molecule has 4 atom stereocenters. The average Bonchev–Trinajstić information content (AvgIpc) is 2.79. The van der Waals surface area contributed by atoms with E-state index in [1.165, 1.54) is 0 Å². The Morgan fingerprint density at radius 3 is 2.90 bits per heavy atom. The minimum absolute atomic E-state index is 0.117. The highest BCUT2D eigenvalue weighted by molar-refractivity contribution is 5.83. The molecular formula is C16H28N2O3. The first-order chi connectivity index (χ1) is 10.1. The second kappa shape index (κ2) is 7.92. The molecule has 0 aromatic heterocycles. The maximum absolute atomic E-state index is 11.7. The number of hydrogen-bond acceptors (Lipinski definition) is 4. The molecule has 0 aromatic rings. The van der Waals surface area contributed by atoms with Gasteiger partial charge in [0, 0.05) is 20.1 Å². The maximum Gasteiger partial charge on any atom is 0.239 e. The fourth-order valence-corrected chi connectivity index (χ4v) is 2.94. The van der Waals surface area contributed by atoms with Gasteiger partial charge in [0.15, 0.2) is 0 Å². The number of carbonyl (C=O) groups is 1. The van der Waals surface area contributed by atoms with E-state index in [9.17, 15) is 9.90 Å². The summed E-state index contributed by atoms with van der Waals surface area (Å²) in [5, 5.41) is 13.1. The summed E-state index contributed by atoms with van der Waals surface area (Å²) in [6.07, 6.45) is 6.89. The zero-order valence-electron chi connectivity index (χ0n) is 13.1. The molecule has 120 valence electrons. The van der Waals surface area contributed by atoms with Crippen molar-refractivity contribution in [2.45, 2.75) is 38.3 Å². The number of nitrogens with one attached hydrogen (secondary N) is 1. The highest BCUT2D eigenvalue weighted by Gasteiger charge is 2.28. The van der Waals surface area contributed by atoms with Gasteiger partial charge in [-0.25, -0.2) is 0 Å². The van der Waals surface area contributed by atoms with Crippen molar-refractivity contribution < 1.29 is 14.6 Å². The van der Waals surface area contributed by atoms with Crippen molar-refractivity contribution in [3.8, 4) is 0 Å². The molecule has 0 saturated carbocycles. The summed E-state index contributed by atoms with van der Waals surface area (Å²) in [5.41, 5.74) is 0. The van der Waals surface area contributed by atoms with Crippen LogP contribution in [0.15, 0.2) is 12.2 Å². The van der Waals surface area contributed by atoms with E-state index in [1.54, 1.807) is 4.90 Å². The summed E-state index contributed by atoms with van der Waals surface area (Å²) in [7, 11) is 1.81. The number of amides is 1. The van der Waals surface area contributed by atoms with Gasteiger partial charge in [-0.05, 0) is 31.1 Å². The summed E-state index contributed by atoms with van der Waals surface area (Å²) in [6, 6.07) is -0.145. The van der Waals surface area contributed by atoms with E-state index in [0.717, 1.165) is 25.8 Å². The summed E-state index contributed by atoms with van der Waals surface area (Å²) in [6.45, 7) is 4.47. The molecule has 2 N–H and O–H groups in total. The number of rotatable bonds is 7. The average molecular weight is 296 g/mol. The summed E-state index contributed by atoms with van der Waals surface area (Å²) < 4.78 is 5.65. The lowest BCUT2D eigenvalue weighted by molar-refractivity contribution is -0.128. The molecule has 1 fully saturated rings. The number of likely N-dealkylation sites (N-methyl/N-ethyl adjacent to an activating group) is 1. The maximum atomic E-state index is 11.7. The molecule has 2 aliphatic rings. The summed E-state index contributed by atoms with van der Waals surface area (Å²) >= 11 is 0. The standard InChI is InChI=1S/C16H28N2O3/c1-12-5-3-4-6-13(12)10-21-11-14(19)9-17-15-7-8-18(2)16(15)20/h3-4,12-15,17,19H,5-11H2,1-2H3. The SMILES string of the molecule is CC1CC=CCC1COCC(O)CNC1CCN(C)C1=O. The third-order valence-corrected chi connectivity index (χ3v) is 4.59. The van der Waals surface area contributed by atoms with Crippen LogP contribution in [0.5, 0.6) is 0 Å². The number of carbonyl (C=O) groups excluding carboxylic acids is 1. The van der Waals surface area contributed by atoms with Gasteiger partial charge in [0.05, 0.1) is 25.4 Å². The van der Waals surface area contributed by atoms with Crippen LogP contribution in [0.2, 0.25) is 0 Å². The third-order valence-electron chi connectivity index (χ3n) is 4.59. The van der Waals surface area contributed by atoms with Crippen LogP contribution in [0.4, 0.5) is 0 Å². The first-order valence-corrected chi connectivity index (χ1v) is 7.97. The molecular weight excluding hydrogens is 268 g/mol. The molecule has 1 saturated heterocycles. The van der Waals surface area contributed by atoms with Gasteiger partial charge in [0.1, 0.15) is 0 Å². The highest BCUT2D eigenvalue weighted by atomic mass is 16.5. The molecule has 1 aliphatic carbocycles. The van der Waals surface area contributed by atoms with E-state index in [2.05, 4.69) is 24.4 Å². The van der Waals surface area contributed by atoms with Crippen LogP contribution in [0.25, 0.3) is 0 Å². The van der Waals surface area contributed by atoms with Gasteiger partial charge >= 0.3 is 0 Å². The van der Waals surface area contributed by atoms with Crippen molar-refractivity contribution in [2.75, 3.05) is 33.4 Å². The molecule has 0 aromatic carbocycles. The smallest absolute Gasteiger partial charge is 0.239 e. The van der Waals surface area contributed by atoms with Gasteiger partial charge in [0.25, 0.3) is 0 Å². The zero-order valence-corrected chi connectivity index (χ0v) is 13.1. The topological polar surface area (TPSA) is 61.8 Å². The van der Waals surface area contributed by atoms with Gasteiger partial charge in [-0.15, -0.1) is 0 Å². The summed E-state index contributed by atoms with van der Waals surface area (Å²) in [4.78, 5) is 13.4. The van der Waals surface area contributed by atoms with Crippen molar-refractivity contribution >= 4 is 5.91 Å². The van der Waals surface area contributed by atoms with Gasteiger partial charge < -0.3 is 20.1 Å². The van der Waals surface area contributed by atoms with Crippen LogP contribution in [0, 0.1) is 11.8 Å². The number of aliphatic hydroxyl groups is 1. The van der Waals surface area contributed by atoms with Gasteiger partial charge in [-0.3, -0.25) is 4.79 Å². The molecule has 5 heteroatoms. The number of likely N-dealkylation sites (tertiary alicyclic amines) is 1. The monoisotopic (exact) mass is 296 g/mol. The summed E-state index contributed by atoms with van der Waals surface area (Å²) in [5.74, 6) is 1.32. The number of hydrogen-bond donors (Lipinski definition) is 2. The van der Waals surface area contributed by atoms with Crippen molar-refractivity contribution in [3.63, 3.8) is 0 Å². The van der Waals surface area contributed by atoms with E-state index in [0.29, 0.717) is 31.6 Å². The molecule has 0 radical (unpaired) electrons. The molecule has 4 unspecified atom stereocenters. The van der Waals surface area contributed by atoms with Crippen LogP contribution < -0.4 is 5.32 Å². The molecule has 1 heterocycles. The van der Waals surface area contributed by atoms with Gasteiger partial charge in [0.2, 0.25) is 5.91 Å². The van der Waals surface area contributed by atoms with E-state index < -0.39 is 6.10 Å². The van der Waals surface area contributed by atoms with Crippen molar-refractivity contribution in [3.05, 3.63) is 12.2 Å². The number of allylic oxidation sites excluding steroid dienone is 2. The lowest BCUT2D eigenvalue weighted by Gasteiger charge is -2.25. The van der Waals surface area contributed by atoms with Crippen LogP contribution in [0.1, 0.15) is 26.2 Å². The second-order valence-electron chi connectivity index (χ2n) is 6.38. The Bertz CT molecular complexity index is 373. The fraction of sp³-hybridized carbons (Fsp3) is 0.812. The Morgan fingerprint density at radius 1 is 1.48 bits per heavy atom. The van der Waals surface area contributed by atoms with Crippen LogP contribution in [-0.4, -0.2) is 61.4 Å². The lowest BCUT2D eigenvalue weighted by Crippen LogP contribution is -2.42. The first-order valence-electron chi connectivity index (χ1n) is 7.97. The minimum atomic E-state index is -0.557.